The first-order chi connectivity index (χ1) is 9.79. The highest BCUT2D eigenvalue weighted by Crippen LogP contribution is 2.33. The highest BCUT2D eigenvalue weighted by atomic mass is 79.9. The van der Waals surface area contributed by atoms with Gasteiger partial charge in [0, 0.05) is 4.47 Å². The molecule has 0 amide bonds. The summed E-state index contributed by atoms with van der Waals surface area (Å²) in [5.41, 5.74) is 4.00. The van der Waals surface area contributed by atoms with Crippen molar-refractivity contribution in [1.29, 1.82) is 0 Å². The summed E-state index contributed by atoms with van der Waals surface area (Å²) >= 11 is 3.64. The van der Waals surface area contributed by atoms with Crippen molar-refractivity contribution in [3.63, 3.8) is 0 Å². The molecule has 20 heavy (non-hydrogen) atoms. The van der Waals surface area contributed by atoms with Crippen molar-refractivity contribution >= 4 is 26.7 Å². The zero-order valence-corrected chi connectivity index (χ0v) is 13.2. The fourth-order valence-corrected chi connectivity index (χ4v) is 3.13. The lowest BCUT2D eigenvalue weighted by molar-refractivity contribution is 0.922. The molecule has 100 valence electrons. The lowest BCUT2D eigenvalue weighted by Gasteiger charge is -2.09. The fourth-order valence-electron chi connectivity index (χ4n) is 2.65. The molecule has 0 bridgehead atoms. The first-order valence-corrected chi connectivity index (χ1v) is 7.85. The third kappa shape index (κ3) is 2.51. The fraction of sp³-hybridized carbons (Fsp3) is 0.158. The van der Waals surface area contributed by atoms with Crippen molar-refractivity contribution in [3.8, 4) is 11.1 Å². The second-order valence-electron chi connectivity index (χ2n) is 5.09. The molecule has 0 saturated carbocycles. The van der Waals surface area contributed by atoms with Crippen molar-refractivity contribution in [1.82, 2.24) is 0 Å². The predicted molar refractivity (Wildman–Crippen MR) is 91.1 cm³/mol. The minimum atomic E-state index is 1.15. The molecule has 0 N–H and O–H groups in total. The monoisotopic (exact) mass is 324 g/mol. The van der Waals surface area contributed by atoms with Gasteiger partial charge in [-0.05, 0) is 39.9 Å². The maximum atomic E-state index is 3.64. The minimum Gasteiger partial charge on any atom is -0.0651 e. The van der Waals surface area contributed by atoms with Crippen LogP contribution in [0.2, 0.25) is 0 Å². The van der Waals surface area contributed by atoms with E-state index in [0.717, 1.165) is 10.9 Å². The number of aryl methyl sites for hydroxylation is 1. The molecule has 0 fully saturated rings. The molecule has 0 aliphatic carbocycles. The van der Waals surface area contributed by atoms with E-state index in [-0.39, 0.29) is 0 Å². The third-order valence-corrected chi connectivity index (χ3v) is 4.37. The van der Waals surface area contributed by atoms with Crippen LogP contribution >= 0.6 is 15.9 Å². The van der Waals surface area contributed by atoms with Crippen LogP contribution in [-0.2, 0) is 6.42 Å². The van der Waals surface area contributed by atoms with Gasteiger partial charge in [-0.3, -0.25) is 0 Å². The van der Waals surface area contributed by atoms with Gasteiger partial charge in [-0.1, -0.05) is 83.9 Å². The Hall–Kier alpha value is -1.60. The molecular weight excluding hydrogens is 308 g/mol. The van der Waals surface area contributed by atoms with Crippen LogP contribution in [0.1, 0.15) is 18.9 Å². The molecule has 0 spiro atoms. The summed E-state index contributed by atoms with van der Waals surface area (Å²) in [6.45, 7) is 2.22. The lowest BCUT2D eigenvalue weighted by atomic mass is 9.97. The summed E-state index contributed by atoms with van der Waals surface area (Å²) in [6, 6.07) is 21.8. The van der Waals surface area contributed by atoms with Gasteiger partial charge in [-0.25, -0.2) is 0 Å². The van der Waals surface area contributed by atoms with Gasteiger partial charge < -0.3 is 0 Å². The van der Waals surface area contributed by atoms with Crippen molar-refractivity contribution in [3.05, 3.63) is 70.7 Å². The van der Waals surface area contributed by atoms with Crippen LogP contribution in [0.4, 0.5) is 0 Å². The second kappa shape index (κ2) is 5.80. The number of fused-ring (bicyclic) bond motifs is 1. The molecule has 3 aromatic carbocycles. The minimum absolute atomic E-state index is 1.15. The van der Waals surface area contributed by atoms with Gasteiger partial charge in [0.05, 0.1) is 0 Å². The Morgan fingerprint density at radius 3 is 2.20 bits per heavy atom. The van der Waals surface area contributed by atoms with E-state index in [4.69, 9.17) is 0 Å². The smallest absolute Gasteiger partial charge is 0.0254 e. The molecule has 0 aromatic heterocycles. The Morgan fingerprint density at radius 1 is 0.800 bits per heavy atom. The summed E-state index contributed by atoms with van der Waals surface area (Å²) < 4.78 is 1.15. The maximum absolute atomic E-state index is 3.64. The Bertz CT molecular complexity index is 726. The molecule has 0 heterocycles. The molecule has 3 aromatic rings. The van der Waals surface area contributed by atoms with Gasteiger partial charge in [-0.15, -0.1) is 0 Å². The van der Waals surface area contributed by atoms with E-state index < -0.39 is 0 Å². The van der Waals surface area contributed by atoms with E-state index in [9.17, 15) is 0 Å². The first kappa shape index (κ1) is 13.4. The van der Waals surface area contributed by atoms with E-state index in [1.165, 1.54) is 33.9 Å². The average molecular weight is 325 g/mol. The van der Waals surface area contributed by atoms with Gasteiger partial charge in [0.1, 0.15) is 0 Å². The van der Waals surface area contributed by atoms with Crippen LogP contribution in [0.5, 0.6) is 0 Å². The number of benzene rings is 3. The highest BCUT2D eigenvalue weighted by Gasteiger charge is 2.06. The first-order valence-electron chi connectivity index (χ1n) is 7.06. The third-order valence-electron chi connectivity index (χ3n) is 3.67. The summed E-state index contributed by atoms with van der Waals surface area (Å²) in [7, 11) is 0. The van der Waals surface area contributed by atoms with E-state index in [1.54, 1.807) is 0 Å². The average Bonchev–Trinajstić information content (AvgIpc) is 2.49. The van der Waals surface area contributed by atoms with Gasteiger partial charge in [-0.2, -0.15) is 0 Å². The second-order valence-corrected chi connectivity index (χ2v) is 5.94. The molecule has 0 saturated heterocycles. The molecule has 0 aliphatic heterocycles. The van der Waals surface area contributed by atoms with Crippen molar-refractivity contribution < 1.29 is 0 Å². The Morgan fingerprint density at radius 2 is 1.50 bits per heavy atom. The van der Waals surface area contributed by atoms with Gasteiger partial charge in [0.25, 0.3) is 0 Å². The zero-order valence-electron chi connectivity index (χ0n) is 11.6. The molecule has 3 rings (SSSR count). The molecule has 0 radical (unpaired) electrons. The van der Waals surface area contributed by atoms with Gasteiger partial charge >= 0.3 is 0 Å². The predicted octanol–water partition coefficient (Wildman–Crippen LogP) is 6.22. The zero-order chi connectivity index (χ0) is 13.9. The van der Waals surface area contributed by atoms with E-state index in [0.29, 0.717) is 0 Å². The molecule has 0 unspecified atom stereocenters. The Balaban J connectivity index is 2.12. The van der Waals surface area contributed by atoms with Crippen molar-refractivity contribution in [2.75, 3.05) is 0 Å². The standard InChI is InChI=1S/C19H17Br/c1-2-5-14-8-10-15(11-9-14)16-12-13-19(20)18-7-4-3-6-17(16)18/h3-4,6-13H,2,5H2,1H3. The highest BCUT2D eigenvalue weighted by molar-refractivity contribution is 9.10. The van der Waals surface area contributed by atoms with Crippen molar-refractivity contribution in [2.24, 2.45) is 0 Å². The number of hydrogen-bond donors (Lipinski definition) is 0. The van der Waals surface area contributed by atoms with Crippen molar-refractivity contribution in [2.45, 2.75) is 19.8 Å². The maximum Gasteiger partial charge on any atom is 0.0254 e. The molecular formula is C19H17Br. The SMILES string of the molecule is CCCc1ccc(-c2ccc(Br)c3ccccc23)cc1. The number of rotatable bonds is 3. The number of halogens is 1. The Kier molecular flexibility index (Phi) is 3.88. The van der Waals surface area contributed by atoms with Gasteiger partial charge in [0.2, 0.25) is 0 Å². The number of hydrogen-bond acceptors (Lipinski definition) is 0. The van der Waals surface area contributed by atoms with Crippen LogP contribution in [-0.4, -0.2) is 0 Å². The molecule has 0 atom stereocenters. The van der Waals surface area contributed by atoms with Crippen LogP contribution in [0.15, 0.2) is 65.1 Å². The van der Waals surface area contributed by atoms with E-state index in [2.05, 4.69) is 83.5 Å². The van der Waals surface area contributed by atoms with Gasteiger partial charge in [0.15, 0.2) is 0 Å². The molecule has 0 aliphatic rings. The summed E-state index contributed by atoms with van der Waals surface area (Å²) in [5.74, 6) is 0. The largest absolute Gasteiger partial charge is 0.0651 e. The summed E-state index contributed by atoms with van der Waals surface area (Å²) in [4.78, 5) is 0. The van der Waals surface area contributed by atoms with Crippen LogP contribution < -0.4 is 0 Å². The van der Waals surface area contributed by atoms with E-state index in [1.807, 2.05) is 0 Å². The van der Waals surface area contributed by atoms with Crippen LogP contribution in [0.25, 0.3) is 21.9 Å². The lowest BCUT2D eigenvalue weighted by Crippen LogP contribution is -1.85. The topological polar surface area (TPSA) is 0 Å². The Labute approximate surface area is 128 Å². The quantitative estimate of drug-likeness (QED) is 0.536. The van der Waals surface area contributed by atoms with E-state index >= 15 is 0 Å². The summed E-state index contributed by atoms with van der Waals surface area (Å²) in [6.07, 6.45) is 2.35. The summed E-state index contributed by atoms with van der Waals surface area (Å²) in [5, 5.41) is 2.56. The molecule has 1 heteroatoms. The van der Waals surface area contributed by atoms with Crippen LogP contribution in [0, 0.1) is 0 Å². The normalized spacial score (nSPS) is 10.9. The molecule has 0 nitrogen and oxygen atoms in total. The van der Waals surface area contributed by atoms with Crippen LogP contribution in [0.3, 0.4) is 0 Å².